The van der Waals surface area contributed by atoms with Crippen molar-refractivity contribution in [1.82, 2.24) is 15.0 Å². The summed E-state index contributed by atoms with van der Waals surface area (Å²) in [5, 5.41) is 7.46. The van der Waals surface area contributed by atoms with E-state index in [0.717, 1.165) is 0 Å². The minimum absolute atomic E-state index is 0.00806. The quantitative estimate of drug-likeness (QED) is 0.886. The van der Waals surface area contributed by atoms with Gasteiger partial charge in [0.25, 0.3) is 0 Å². The van der Waals surface area contributed by atoms with Gasteiger partial charge >= 0.3 is 0 Å². The molecule has 0 radical (unpaired) electrons. The highest BCUT2D eigenvalue weighted by Crippen LogP contribution is 2.16. The molecule has 4 nitrogen and oxygen atoms in total. The maximum atomic E-state index is 13.4. The molecule has 0 aliphatic carbocycles. The molecule has 0 aliphatic heterocycles. The number of anilines is 1. The van der Waals surface area contributed by atoms with Crippen LogP contribution in [0.15, 0.2) is 18.2 Å². The third-order valence-electron chi connectivity index (χ3n) is 2.57. The normalized spacial score (nSPS) is 10.8. The number of benzene rings is 1. The largest absolute Gasteiger partial charge is 0.381 e. The van der Waals surface area contributed by atoms with E-state index in [1.807, 2.05) is 6.92 Å². The Bertz CT molecular complexity index is 516. The molecule has 1 aromatic carbocycles. The molecule has 0 atom stereocenters. The molecule has 2 N–H and O–H groups in total. The first-order valence-electron chi connectivity index (χ1n) is 5.24. The van der Waals surface area contributed by atoms with Crippen LogP contribution in [-0.4, -0.2) is 15.0 Å². The second kappa shape index (κ2) is 4.48. The van der Waals surface area contributed by atoms with Gasteiger partial charge in [-0.2, -0.15) is 0 Å². The minimum atomic E-state index is -0.596. The molecule has 1 aromatic heterocycles. The van der Waals surface area contributed by atoms with Crippen molar-refractivity contribution in [3.63, 3.8) is 0 Å². The lowest BCUT2D eigenvalue weighted by molar-refractivity contribution is 0.521. The van der Waals surface area contributed by atoms with Crippen molar-refractivity contribution < 1.29 is 8.78 Å². The van der Waals surface area contributed by atoms with Crippen molar-refractivity contribution in [2.45, 2.75) is 19.9 Å². The fourth-order valence-corrected chi connectivity index (χ4v) is 1.67. The zero-order valence-electron chi connectivity index (χ0n) is 9.32. The first-order chi connectivity index (χ1) is 8.13. The zero-order valence-corrected chi connectivity index (χ0v) is 9.32. The second-order valence-corrected chi connectivity index (χ2v) is 3.63. The predicted molar refractivity (Wildman–Crippen MR) is 59.3 cm³/mol. The summed E-state index contributed by atoms with van der Waals surface area (Å²) in [5.74, 6) is -0.897. The Morgan fingerprint density at radius 1 is 1.29 bits per heavy atom. The van der Waals surface area contributed by atoms with E-state index in [9.17, 15) is 8.78 Å². The van der Waals surface area contributed by atoms with Crippen LogP contribution < -0.4 is 5.73 Å². The summed E-state index contributed by atoms with van der Waals surface area (Å²) in [6.45, 7) is 1.87. The van der Waals surface area contributed by atoms with E-state index >= 15 is 0 Å². The number of nitrogen functional groups attached to an aromatic ring is 1. The molecule has 2 aromatic rings. The number of aromatic nitrogens is 3. The molecule has 17 heavy (non-hydrogen) atoms. The maximum absolute atomic E-state index is 13.4. The SMILES string of the molecule is CCc1c(N)nnn1Cc1c(F)cccc1F. The summed E-state index contributed by atoms with van der Waals surface area (Å²) in [6.07, 6.45) is 0.606. The van der Waals surface area contributed by atoms with E-state index in [0.29, 0.717) is 17.9 Å². The third-order valence-corrected chi connectivity index (χ3v) is 2.57. The molecule has 0 saturated heterocycles. The lowest BCUT2D eigenvalue weighted by Gasteiger charge is -2.07. The molecule has 1 heterocycles. The number of nitrogens with zero attached hydrogens (tertiary/aromatic N) is 3. The van der Waals surface area contributed by atoms with Crippen LogP contribution in [0.25, 0.3) is 0 Å². The standard InChI is InChI=1S/C11H12F2N4/c1-2-10-11(14)15-16-17(10)6-7-8(12)4-3-5-9(7)13/h3-5H,2,6,14H2,1H3. The first kappa shape index (κ1) is 11.5. The first-order valence-corrected chi connectivity index (χ1v) is 5.24. The molecule has 0 amide bonds. The number of hydrogen-bond donors (Lipinski definition) is 1. The van der Waals surface area contributed by atoms with E-state index < -0.39 is 11.6 Å². The van der Waals surface area contributed by atoms with Crippen molar-refractivity contribution >= 4 is 5.82 Å². The van der Waals surface area contributed by atoms with Gasteiger partial charge < -0.3 is 5.73 Å². The lowest BCUT2D eigenvalue weighted by atomic mass is 10.2. The van der Waals surface area contributed by atoms with Gasteiger partial charge in [-0.05, 0) is 18.6 Å². The van der Waals surface area contributed by atoms with E-state index in [1.165, 1.54) is 22.9 Å². The van der Waals surface area contributed by atoms with Gasteiger partial charge in [-0.15, -0.1) is 5.10 Å². The van der Waals surface area contributed by atoms with Gasteiger partial charge in [0.15, 0.2) is 5.82 Å². The van der Waals surface area contributed by atoms with Crippen LogP contribution in [0.1, 0.15) is 18.2 Å². The van der Waals surface area contributed by atoms with Gasteiger partial charge in [0, 0.05) is 5.56 Å². The van der Waals surface area contributed by atoms with Gasteiger partial charge in [-0.25, -0.2) is 13.5 Å². The fraction of sp³-hybridized carbons (Fsp3) is 0.273. The predicted octanol–water partition coefficient (Wildman–Crippen LogP) is 1.75. The van der Waals surface area contributed by atoms with Gasteiger partial charge in [-0.3, -0.25) is 0 Å². The van der Waals surface area contributed by atoms with Gasteiger partial charge in [-0.1, -0.05) is 18.2 Å². The molecule has 6 heteroatoms. The smallest absolute Gasteiger partial charge is 0.169 e. The lowest BCUT2D eigenvalue weighted by Crippen LogP contribution is -2.09. The topological polar surface area (TPSA) is 56.7 Å². The molecule has 0 aliphatic rings. The second-order valence-electron chi connectivity index (χ2n) is 3.63. The van der Waals surface area contributed by atoms with Crippen molar-refractivity contribution in [3.05, 3.63) is 41.1 Å². The van der Waals surface area contributed by atoms with Crippen molar-refractivity contribution in [1.29, 1.82) is 0 Å². The third kappa shape index (κ3) is 2.11. The summed E-state index contributed by atoms with van der Waals surface area (Å²) in [7, 11) is 0. The van der Waals surface area contributed by atoms with Gasteiger partial charge in [0.1, 0.15) is 11.6 Å². The summed E-state index contributed by atoms with van der Waals surface area (Å²) in [5.41, 5.74) is 6.24. The molecule has 0 unspecified atom stereocenters. The fourth-order valence-electron chi connectivity index (χ4n) is 1.67. The highest BCUT2D eigenvalue weighted by Gasteiger charge is 2.13. The Hall–Kier alpha value is -1.98. The van der Waals surface area contributed by atoms with Gasteiger partial charge in [0.05, 0.1) is 12.2 Å². The zero-order chi connectivity index (χ0) is 12.4. The van der Waals surface area contributed by atoms with Crippen molar-refractivity contribution in [3.8, 4) is 0 Å². The summed E-state index contributed by atoms with van der Waals surface area (Å²) >= 11 is 0. The molecular weight excluding hydrogens is 226 g/mol. The van der Waals surface area contributed by atoms with Crippen LogP contribution in [0.3, 0.4) is 0 Å². The van der Waals surface area contributed by atoms with Crippen LogP contribution in [-0.2, 0) is 13.0 Å². The number of halogens is 2. The Morgan fingerprint density at radius 3 is 2.53 bits per heavy atom. The van der Waals surface area contributed by atoms with Crippen LogP contribution in [0, 0.1) is 11.6 Å². The van der Waals surface area contributed by atoms with E-state index in [2.05, 4.69) is 10.3 Å². The monoisotopic (exact) mass is 238 g/mol. The summed E-state index contributed by atoms with van der Waals surface area (Å²) in [6, 6.07) is 3.75. The van der Waals surface area contributed by atoms with Gasteiger partial charge in [0.2, 0.25) is 0 Å². The average molecular weight is 238 g/mol. The molecule has 0 spiro atoms. The number of nitrogens with two attached hydrogens (primary N) is 1. The van der Waals surface area contributed by atoms with Crippen LogP contribution in [0.4, 0.5) is 14.6 Å². The Labute approximate surface area is 97.0 Å². The Morgan fingerprint density at radius 2 is 1.94 bits per heavy atom. The molecule has 0 fully saturated rings. The maximum Gasteiger partial charge on any atom is 0.169 e. The number of hydrogen-bond acceptors (Lipinski definition) is 3. The average Bonchev–Trinajstić information content (AvgIpc) is 2.64. The highest BCUT2D eigenvalue weighted by molar-refractivity contribution is 5.33. The molecule has 2 rings (SSSR count). The number of rotatable bonds is 3. The van der Waals surface area contributed by atoms with Crippen molar-refractivity contribution in [2.75, 3.05) is 5.73 Å². The van der Waals surface area contributed by atoms with Crippen molar-refractivity contribution in [2.24, 2.45) is 0 Å². The Balaban J connectivity index is 2.38. The summed E-state index contributed by atoms with van der Waals surface area (Å²) in [4.78, 5) is 0. The van der Waals surface area contributed by atoms with Crippen LogP contribution >= 0.6 is 0 Å². The highest BCUT2D eigenvalue weighted by atomic mass is 19.1. The molecule has 90 valence electrons. The van der Waals surface area contributed by atoms with E-state index in [4.69, 9.17) is 5.73 Å². The van der Waals surface area contributed by atoms with E-state index in [1.54, 1.807) is 0 Å². The summed E-state index contributed by atoms with van der Waals surface area (Å²) < 4.78 is 28.3. The molecule has 0 bridgehead atoms. The van der Waals surface area contributed by atoms with Crippen LogP contribution in [0.2, 0.25) is 0 Å². The van der Waals surface area contributed by atoms with E-state index in [-0.39, 0.29) is 12.1 Å². The Kier molecular flexibility index (Phi) is 3.03. The molecule has 0 saturated carbocycles. The van der Waals surface area contributed by atoms with Crippen LogP contribution in [0.5, 0.6) is 0 Å². The molecular formula is C11H12F2N4. The minimum Gasteiger partial charge on any atom is -0.381 e.